The number of ether oxygens (including phenoxy) is 2. The summed E-state index contributed by atoms with van der Waals surface area (Å²) in [5.74, 6) is -0.817. The first-order valence-electron chi connectivity index (χ1n) is 12.4. The maximum absolute atomic E-state index is 13.2. The number of nitro benzene ring substituents is 1. The maximum Gasteiger partial charge on any atom is 0.335 e. The summed E-state index contributed by atoms with van der Waals surface area (Å²) in [5.41, 5.74) is 1.07. The molecule has 1 fully saturated rings. The van der Waals surface area contributed by atoms with Crippen LogP contribution in [-0.2, 0) is 16.2 Å². The molecular formula is C30H23N3O7. The number of hydrogen-bond acceptors (Lipinski definition) is 7. The number of benzene rings is 4. The summed E-state index contributed by atoms with van der Waals surface area (Å²) in [5, 5.41) is 15.3. The highest BCUT2D eigenvalue weighted by Gasteiger charge is 2.37. The first-order chi connectivity index (χ1) is 19.4. The van der Waals surface area contributed by atoms with Crippen molar-refractivity contribution in [1.82, 2.24) is 5.32 Å². The average Bonchev–Trinajstić information content (AvgIpc) is 2.95. The van der Waals surface area contributed by atoms with Crippen LogP contribution in [-0.4, -0.2) is 29.4 Å². The molecule has 200 valence electrons. The quantitative estimate of drug-likeness (QED) is 0.138. The van der Waals surface area contributed by atoms with Crippen LogP contribution >= 0.6 is 0 Å². The van der Waals surface area contributed by atoms with Crippen molar-refractivity contribution < 1.29 is 28.8 Å². The zero-order valence-corrected chi connectivity index (χ0v) is 21.3. The Balaban J connectivity index is 1.41. The molecule has 10 nitrogen and oxygen atoms in total. The van der Waals surface area contributed by atoms with Crippen molar-refractivity contribution in [1.29, 1.82) is 0 Å². The lowest BCUT2D eigenvalue weighted by atomic mass is 10.1. The van der Waals surface area contributed by atoms with Crippen LogP contribution in [0.25, 0.3) is 16.8 Å². The number of carbonyl (C=O) groups excluding carboxylic acids is 3. The highest BCUT2D eigenvalue weighted by atomic mass is 16.6. The van der Waals surface area contributed by atoms with Crippen LogP contribution in [0, 0.1) is 10.1 Å². The smallest absolute Gasteiger partial charge is 0.335 e. The van der Waals surface area contributed by atoms with Gasteiger partial charge in [-0.25, -0.2) is 9.69 Å². The normalized spacial score (nSPS) is 14.4. The molecule has 0 saturated carbocycles. The lowest BCUT2D eigenvalue weighted by molar-refractivity contribution is -0.384. The Morgan fingerprint density at radius 1 is 0.900 bits per heavy atom. The van der Waals surface area contributed by atoms with E-state index in [1.165, 1.54) is 30.3 Å². The first kappa shape index (κ1) is 26.1. The molecule has 1 N–H and O–H groups in total. The van der Waals surface area contributed by atoms with Gasteiger partial charge < -0.3 is 9.47 Å². The summed E-state index contributed by atoms with van der Waals surface area (Å²) in [6.45, 7) is 2.48. The summed E-state index contributed by atoms with van der Waals surface area (Å²) in [4.78, 5) is 49.4. The minimum atomic E-state index is -0.951. The van der Waals surface area contributed by atoms with E-state index in [1.54, 1.807) is 18.2 Å². The Hall–Kier alpha value is -5.51. The molecule has 40 heavy (non-hydrogen) atoms. The lowest BCUT2D eigenvalue weighted by Crippen LogP contribution is -2.54. The van der Waals surface area contributed by atoms with Gasteiger partial charge in [0.05, 0.1) is 17.2 Å². The molecule has 0 aromatic heterocycles. The Kier molecular flexibility index (Phi) is 7.23. The predicted octanol–water partition coefficient (Wildman–Crippen LogP) is 5.39. The Bertz CT molecular complexity index is 1670. The molecule has 0 radical (unpaired) electrons. The van der Waals surface area contributed by atoms with Crippen molar-refractivity contribution in [2.45, 2.75) is 13.5 Å². The number of urea groups is 1. The number of rotatable bonds is 8. The highest BCUT2D eigenvalue weighted by Crippen LogP contribution is 2.32. The van der Waals surface area contributed by atoms with E-state index in [-0.39, 0.29) is 16.9 Å². The second-order valence-electron chi connectivity index (χ2n) is 8.80. The number of imide groups is 2. The van der Waals surface area contributed by atoms with Gasteiger partial charge in [-0.2, -0.15) is 0 Å². The van der Waals surface area contributed by atoms with Crippen LogP contribution in [0.2, 0.25) is 0 Å². The van der Waals surface area contributed by atoms with Gasteiger partial charge in [0.25, 0.3) is 17.5 Å². The molecule has 0 bridgehead atoms. The standard InChI is InChI=1S/C30H23N3O7/c1-2-39-27-17-19(10-15-26(27)40-18-21-8-5-7-20-6-3-4-9-24(20)21)16-25-28(34)31-30(36)32(29(25)35)22-11-13-23(14-12-22)33(37)38/h3-17H,2,18H2,1H3,(H,31,34,36)/b25-16+. The number of anilines is 1. The van der Waals surface area contributed by atoms with Crippen molar-refractivity contribution in [3.63, 3.8) is 0 Å². The molecule has 0 atom stereocenters. The van der Waals surface area contributed by atoms with Gasteiger partial charge in [0.1, 0.15) is 12.2 Å². The topological polar surface area (TPSA) is 128 Å². The van der Waals surface area contributed by atoms with Gasteiger partial charge in [-0.3, -0.25) is 25.0 Å². The van der Waals surface area contributed by atoms with E-state index in [1.807, 2.05) is 49.4 Å². The van der Waals surface area contributed by atoms with E-state index >= 15 is 0 Å². The fraction of sp³-hybridized carbons (Fsp3) is 0.100. The largest absolute Gasteiger partial charge is 0.490 e. The molecule has 1 heterocycles. The molecular weight excluding hydrogens is 514 g/mol. The van der Waals surface area contributed by atoms with Crippen molar-refractivity contribution in [3.05, 3.63) is 112 Å². The molecule has 5 rings (SSSR count). The Morgan fingerprint density at radius 2 is 1.65 bits per heavy atom. The first-order valence-corrected chi connectivity index (χ1v) is 12.4. The zero-order valence-electron chi connectivity index (χ0n) is 21.3. The minimum Gasteiger partial charge on any atom is -0.490 e. The van der Waals surface area contributed by atoms with E-state index in [2.05, 4.69) is 5.32 Å². The number of hydrogen-bond donors (Lipinski definition) is 1. The molecule has 4 amide bonds. The van der Waals surface area contributed by atoms with Gasteiger partial charge in [0.2, 0.25) is 0 Å². The molecule has 1 aliphatic heterocycles. The molecule has 1 aliphatic rings. The van der Waals surface area contributed by atoms with Crippen LogP contribution in [0.3, 0.4) is 0 Å². The van der Waals surface area contributed by atoms with Crippen molar-refractivity contribution >= 4 is 46.1 Å². The summed E-state index contributed by atoms with van der Waals surface area (Å²) in [7, 11) is 0. The van der Waals surface area contributed by atoms with Crippen LogP contribution in [0.4, 0.5) is 16.2 Å². The SMILES string of the molecule is CCOc1cc(/C=C2\C(=O)NC(=O)N(c3ccc([N+](=O)[O-])cc3)C2=O)ccc1OCc1cccc2ccccc12. The van der Waals surface area contributed by atoms with Crippen molar-refractivity contribution in [3.8, 4) is 11.5 Å². The van der Waals surface area contributed by atoms with Gasteiger partial charge in [-0.05, 0) is 59.2 Å². The third kappa shape index (κ3) is 5.23. The predicted molar refractivity (Wildman–Crippen MR) is 148 cm³/mol. The number of nitro groups is 1. The molecule has 0 aliphatic carbocycles. The number of barbiturate groups is 1. The second kappa shape index (κ2) is 11.1. The van der Waals surface area contributed by atoms with Gasteiger partial charge in [0.15, 0.2) is 11.5 Å². The molecule has 4 aromatic rings. The molecule has 0 spiro atoms. The fourth-order valence-corrected chi connectivity index (χ4v) is 4.36. The van der Waals surface area contributed by atoms with Crippen LogP contribution < -0.4 is 19.7 Å². The van der Waals surface area contributed by atoms with Gasteiger partial charge in [0, 0.05) is 12.1 Å². The van der Waals surface area contributed by atoms with Crippen LogP contribution in [0.15, 0.2) is 90.5 Å². The number of carbonyl (C=O) groups is 3. The molecule has 4 aromatic carbocycles. The number of non-ortho nitro benzene ring substituents is 1. The maximum atomic E-state index is 13.2. The van der Waals surface area contributed by atoms with E-state index < -0.39 is 22.8 Å². The van der Waals surface area contributed by atoms with E-state index in [0.29, 0.717) is 30.3 Å². The summed E-state index contributed by atoms with van der Waals surface area (Å²) >= 11 is 0. The number of amides is 4. The third-order valence-electron chi connectivity index (χ3n) is 6.26. The van der Waals surface area contributed by atoms with Crippen molar-refractivity contribution in [2.75, 3.05) is 11.5 Å². The van der Waals surface area contributed by atoms with Gasteiger partial charge >= 0.3 is 6.03 Å². The summed E-state index contributed by atoms with van der Waals surface area (Å²) in [6.07, 6.45) is 1.35. The second-order valence-corrected chi connectivity index (χ2v) is 8.80. The van der Waals surface area contributed by atoms with E-state index in [0.717, 1.165) is 21.2 Å². The zero-order chi connectivity index (χ0) is 28.2. The van der Waals surface area contributed by atoms with Crippen LogP contribution in [0.1, 0.15) is 18.1 Å². The number of nitrogens with one attached hydrogen (secondary N) is 1. The van der Waals surface area contributed by atoms with Crippen molar-refractivity contribution in [2.24, 2.45) is 0 Å². The molecule has 0 unspecified atom stereocenters. The van der Waals surface area contributed by atoms with Gasteiger partial charge in [-0.15, -0.1) is 0 Å². The molecule has 10 heteroatoms. The summed E-state index contributed by atoms with van der Waals surface area (Å²) < 4.78 is 11.9. The minimum absolute atomic E-state index is 0.0821. The Morgan fingerprint density at radius 3 is 2.40 bits per heavy atom. The average molecular weight is 538 g/mol. The lowest BCUT2D eigenvalue weighted by Gasteiger charge is -2.26. The van der Waals surface area contributed by atoms with E-state index in [4.69, 9.17) is 9.47 Å². The van der Waals surface area contributed by atoms with Crippen LogP contribution in [0.5, 0.6) is 11.5 Å². The Labute approximate surface area is 228 Å². The third-order valence-corrected chi connectivity index (χ3v) is 6.26. The summed E-state index contributed by atoms with van der Waals surface area (Å²) in [6, 6.07) is 22.9. The highest BCUT2D eigenvalue weighted by molar-refractivity contribution is 6.39. The number of nitrogens with zero attached hydrogens (tertiary/aromatic N) is 2. The molecule has 1 saturated heterocycles. The van der Waals surface area contributed by atoms with E-state index in [9.17, 15) is 24.5 Å². The van der Waals surface area contributed by atoms with Gasteiger partial charge in [-0.1, -0.05) is 48.5 Å². The fourth-order valence-electron chi connectivity index (χ4n) is 4.36. The number of fused-ring (bicyclic) bond motifs is 1. The monoisotopic (exact) mass is 537 g/mol.